The van der Waals surface area contributed by atoms with Gasteiger partial charge in [0.2, 0.25) is 0 Å². The highest BCUT2D eigenvalue weighted by Crippen LogP contribution is 2.26. The maximum absolute atomic E-state index is 12.5. The van der Waals surface area contributed by atoms with Crippen LogP contribution in [-0.4, -0.2) is 75.5 Å². The van der Waals surface area contributed by atoms with Gasteiger partial charge in [-0.25, -0.2) is 9.78 Å². The van der Waals surface area contributed by atoms with E-state index in [2.05, 4.69) is 20.9 Å². The van der Waals surface area contributed by atoms with E-state index in [1.165, 1.54) is 11.6 Å². The Labute approximate surface area is 196 Å². The number of aryl methyl sites for hydroxylation is 1. The van der Waals surface area contributed by atoms with Gasteiger partial charge in [-0.05, 0) is 12.1 Å². The number of piperazine rings is 1. The molecule has 1 fully saturated rings. The molecule has 0 bridgehead atoms. The van der Waals surface area contributed by atoms with Gasteiger partial charge >= 0.3 is 5.69 Å². The SMILES string of the molecule is CS(=O)(=O)O.Cn1c(=O)c2c(ncn2CCN2CCN(c3ccccc3Cl)CC2)n(C)c1=O. The van der Waals surface area contributed by atoms with Crippen LogP contribution in [0.15, 0.2) is 40.2 Å². The van der Waals surface area contributed by atoms with Gasteiger partial charge in [-0.3, -0.25) is 23.4 Å². The van der Waals surface area contributed by atoms with Crippen molar-refractivity contribution in [2.45, 2.75) is 6.54 Å². The normalized spacial score (nSPS) is 14.9. The fourth-order valence-electron chi connectivity index (χ4n) is 3.74. The first kappa shape index (κ1) is 25.0. The summed E-state index contributed by atoms with van der Waals surface area (Å²) >= 11 is 6.31. The van der Waals surface area contributed by atoms with E-state index in [-0.39, 0.29) is 11.2 Å². The summed E-state index contributed by atoms with van der Waals surface area (Å²) in [4.78, 5) is 33.5. The zero-order valence-corrected chi connectivity index (χ0v) is 20.3. The Kier molecular flexibility index (Phi) is 7.62. The molecule has 1 aliphatic heterocycles. The summed E-state index contributed by atoms with van der Waals surface area (Å²) in [6.07, 6.45) is 2.36. The molecule has 0 radical (unpaired) electrons. The molecule has 13 heteroatoms. The molecule has 1 N–H and O–H groups in total. The molecule has 180 valence electrons. The average Bonchev–Trinajstić information content (AvgIpc) is 3.19. The van der Waals surface area contributed by atoms with E-state index in [1.807, 2.05) is 22.8 Å². The average molecular weight is 499 g/mol. The predicted molar refractivity (Wildman–Crippen MR) is 128 cm³/mol. The molecular formula is C20H27ClN6O5S. The van der Waals surface area contributed by atoms with Gasteiger partial charge in [-0.2, -0.15) is 8.42 Å². The Bertz CT molecular complexity index is 1350. The molecule has 0 amide bonds. The molecule has 0 saturated carbocycles. The number of nitrogens with zero attached hydrogens (tertiary/aromatic N) is 6. The van der Waals surface area contributed by atoms with E-state index in [0.29, 0.717) is 24.0 Å². The zero-order chi connectivity index (χ0) is 24.3. The van der Waals surface area contributed by atoms with Crippen molar-refractivity contribution in [1.82, 2.24) is 23.6 Å². The lowest BCUT2D eigenvalue weighted by Gasteiger charge is -2.36. The molecule has 3 heterocycles. The Morgan fingerprint density at radius 2 is 1.64 bits per heavy atom. The van der Waals surface area contributed by atoms with Crippen LogP contribution in [0.4, 0.5) is 5.69 Å². The van der Waals surface area contributed by atoms with Crippen LogP contribution in [0.3, 0.4) is 0 Å². The van der Waals surface area contributed by atoms with Crippen LogP contribution in [0, 0.1) is 0 Å². The summed E-state index contributed by atoms with van der Waals surface area (Å²) < 4.78 is 30.3. The molecule has 1 aromatic carbocycles. The van der Waals surface area contributed by atoms with E-state index in [1.54, 1.807) is 13.4 Å². The predicted octanol–water partition coefficient (Wildman–Crippen LogP) is 0.413. The summed E-state index contributed by atoms with van der Waals surface area (Å²) in [5, 5.41) is 0.780. The second-order valence-electron chi connectivity index (χ2n) is 7.83. The molecule has 0 unspecified atom stereocenters. The number of rotatable bonds is 4. The van der Waals surface area contributed by atoms with E-state index in [4.69, 9.17) is 16.2 Å². The summed E-state index contributed by atoms with van der Waals surface area (Å²) in [5.74, 6) is 0. The van der Waals surface area contributed by atoms with Crippen LogP contribution >= 0.6 is 11.6 Å². The fourth-order valence-corrected chi connectivity index (χ4v) is 3.99. The Morgan fingerprint density at radius 3 is 2.24 bits per heavy atom. The van der Waals surface area contributed by atoms with Crippen LogP contribution in [0.25, 0.3) is 11.2 Å². The standard InChI is InChI=1S/C19H23ClN6O2.CH4O3S/c1-22-17-16(18(27)23(2)19(22)28)26(13-21-17)12-9-24-7-10-25(11-8-24)15-6-4-3-5-14(15)20;1-5(2,3)4/h3-6,13H,7-12H2,1-2H3;1H3,(H,2,3,4). The number of fused-ring (bicyclic) bond motifs is 1. The van der Waals surface area contributed by atoms with Crippen molar-refractivity contribution >= 4 is 38.6 Å². The molecule has 3 aromatic rings. The Morgan fingerprint density at radius 1 is 1.03 bits per heavy atom. The number of para-hydroxylation sites is 1. The van der Waals surface area contributed by atoms with Crippen LogP contribution in [0.5, 0.6) is 0 Å². The van der Waals surface area contributed by atoms with Crippen molar-refractivity contribution in [3.05, 3.63) is 56.5 Å². The number of benzene rings is 1. The number of hydrogen-bond donors (Lipinski definition) is 1. The number of aromatic nitrogens is 4. The van der Waals surface area contributed by atoms with Crippen LogP contribution < -0.4 is 16.1 Å². The minimum atomic E-state index is -3.67. The third-order valence-corrected chi connectivity index (χ3v) is 5.76. The highest BCUT2D eigenvalue weighted by atomic mass is 35.5. The molecule has 0 atom stereocenters. The molecular weight excluding hydrogens is 472 g/mol. The van der Waals surface area contributed by atoms with Gasteiger partial charge in [0, 0.05) is 53.4 Å². The first-order valence-electron chi connectivity index (χ1n) is 10.2. The molecule has 1 saturated heterocycles. The van der Waals surface area contributed by atoms with Crippen molar-refractivity contribution in [2.24, 2.45) is 14.1 Å². The minimum absolute atomic E-state index is 0.306. The summed E-state index contributed by atoms with van der Waals surface area (Å²) in [7, 11) is -0.537. The quantitative estimate of drug-likeness (QED) is 0.513. The topological polar surface area (TPSA) is 123 Å². The maximum Gasteiger partial charge on any atom is 0.332 e. The zero-order valence-electron chi connectivity index (χ0n) is 18.7. The summed E-state index contributed by atoms with van der Waals surface area (Å²) in [5.41, 5.74) is 1.31. The van der Waals surface area contributed by atoms with E-state index < -0.39 is 10.1 Å². The summed E-state index contributed by atoms with van der Waals surface area (Å²) in [6, 6.07) is 7.92. The van der Waals surface area contributed by atoms with E-state index in [9.17, 15) is 18.0 Å². The molecule has 1 aliphatic rings. The lowest BCUT2D eigenvalue weighted by atomic mass is 10.2. The molecule has 11 nitrogen and oxygen atoms in total. The highest BCUT2D eigenvalue weighted by Gasteiger charge is 2.19. The Balaban J connectivity index is 0.000000555. The van der Waals surface area contributed by atoms with Crippen molar-refractivity contribution in [2.75, 3.05) is 43.9 Å². The van der Waals surface area contributed by atoms with Gasteiger partial charge in [0.05, 0.1) is 23.3 Å². The van der Waals surface area contributed by atoms with E-state index in [0.717, 1.165) is 48.0 Å². The number of imidazole rings is 1. The largest absolute Gasteiger partial charge is 0.368 e. The minimum Gasteiger partial charge on any atom is -0.368 e. The number of halogens is 1. The lowest BCUT2D eigenvalue weighted by Crippen LogP contribution is -2.47. The van der Waals surface area contributed by atoms with Crippen LogP contribution in [-0.2, 0) is 30.8 Å². The van der Waals surface area contributed by atoms with Crippen molar-refractivity contribution in [1.29, 1.82) is 0 Å². The lowest BCUT2D eigenvalue weighted by molar-refractivity contribution is 0.249. The fraction of sp³-hybridized carbons (Fsp3) is 0.450. The molecule has 33 heavy (non-hydrogen) atoms. The molecule has 4 rings (SSSR count). The monoisotopic (exact) mass is 498 g/mol. The summed E-state index contributed by atoms with van der Waals surface area (Å²) in [6.45, 7) is 5.13. The molecule has 0 spiro atoms. The van der Waals surface area contributed by atoms with Crippen molar-refractivity contribution in [3.8, 4) is 0 Å². The van der Waals surface area contributed by atoms with Gasteiger partial charge in [0.25, 0.3) is 15.7 Å². The van der Waals surface area contributed by atoms with Crippen LogP contribution in [0.1, 0.15) is 0 Å². The van der Waals surface area contributed by atoms with Gasteiger partial charge < -0.3 is 9.47 Å². The van der Waals surface area contributed by atoms with Gasteiger partial charge in [0.1, 0.15) is 0 Å². The van der Waals surface area contributed by atoms with Crippen LogP contribution in [0.2, 0.25) is 5.02 Å². The first-order valence-corrected chi connectivity index (χ1v) is 12.4. The van der Waals surface area contributed by atoms with Gasteiger partial charge in [0.15, 0.2) is 11.2 Å². The molecule has 0 aliphatic carbocycles. The van der Waals surface area contributed by atoms with Crippen molar-refractivity contribution < 1.29 is 13.0 Å². The third kappa shape index (κ3) is 6.02. The Hall–Kier alpha value is -2.67. The van der Waals surface area contributed by atoms with Crippen molar-refractivity contribution in [3.63, 3.8) is 0 Å². The third-order valence-electron chi connectivity index (χ3n) is 5.44. The maximum atomic E-state index is 12.5. The smallest absolute Gasteiger partial charge is 0.332 e. The van der Waals surface area contributed by atoms with Gasteiger partial charge in [-0.15, -0.1) is 0 Å². The second-order valence-corrected chi connectivity index (χ2v) is 9.70. The second kappa shape index (κ2) is 10.1. The number of anilines is 1. The highest BCUT2D eigenvalue weighted by molar-refractivity contribution is 7.85. The number of hydrogen-bond acceptors (Lipinski definition) is 7. The first-order chi connectivity index (χ1) is 15.5. The molecule has 2 aromatic heterocycles. The van der Waals surface area contributed by atoms with E-state index >= 15 is 0 Å². The van der Waals surface area contributed by atoms with Gasteiger partial charge in [-0.1, -0.05) is 23.7 Å².